The third kappa shape index (κ3) is 0.762. The summed E-state index contributed by atoms with van der Waals surface area (Å²) in [5.41, 5.74) is 0.655. The molecule has 0 aromatic heterocycles. The van der Waals surface area contributed by atoms with Crippen molar-refractivity contribution in [2.75, 3.05) is 0 Å². The van der Waals surface area contributed by atoms with Crippen LogP contribution in [-0.4, -0.2) is 5.78 Å². The predicted octanol–water partition coefficient (Wildman–Crippen LogP) is 3.82. The summed E-state index contributed by atoms with van der Waals surface area (Å²) in [4.78, 5) is 12.7. The zero-order valence-electron chi connectivity index (χ0n) is 11.1. The maximum atomic E-state index is 12.7. The largest absolute Gasteiger partial charge is 0.299 e. The quantitative estimate of drug-likeness (QED) is 0.606. The van der Waals surface area contributed by atoms with Crippen LogP contribution in [0.5, 0.6) is 0 Å². The fourth-order valence-electron chi connectivity index (χ4n) is 6.19. The van der Waals surface area contributed by atoms with Crippen LogP contribution in [-0.2, 0) is 4.79 Å². The van der Waals surface area contributed by atoms with Gasteiger partial charge >= 0.3 is 0 Å². The lowest BCUT2D eigenvalue weighted by molar-refractivity contribution is -0.130. The van der Waals surface area contributed by atoms with Gasteiger partial charge in [0, 0.05) is 11.3 Å². The molecule has 3 aliphatic carbocycles. The first-order valence-electron chi connectivity index (χ1n) is 6.94. The Bertz CT molecular complexity index is 360. The molecule has 90 valence electrons. The second-order valence-corrected chi connectivity index (χ2v) is 7.10. The number of Topliss-reactive ketones (excluding diaryl/α,β-unsaturated/α-hetero) is 1. The van der Waals surface area contributed by atoms with Crippen molar-refractivity contribution in [2.24, 2.45) is 28.1 Å². The summed E-state index contributed by atoms with van der Waals surface area (Å²) < 4.78 is 0. The van der Waals surface area contributed by atoms with Crippen molar-refractivity contribution in [1.29, 1.82) is 0 Å². The van der Waals surface area contributed by atoms with Crippen molar-refractivity contribution in [3.8, 4) is 0 Å². The number of hydrogen-bond acceptors (Lipinski definition) is 1. The summed E-state index contributed by atoms with van der Waals surface area (Å²) in [6.07, 6.45) is 6.34. The summed E-state index contributed by atoms with van der Waals surface area (Å²) in [6, 6.07) is 0. The number of carbonyl (C=O) groups excluding carboxylic acids is 1. The fraction of sp³-hybridized carbons (Fsp3) is 0.933. The average molecular weight is 220 g/mol. The zero-order chi connectivity index (χ0) is 11.8. The first-order valence-corrected chi connectivity index (χ1v) is 6.94. The second-order valence-electron chi connectivity index (χ2n) is 7.10. The maximum absolute atomic E-state index is 12.7. The van der Waals surface area contributed by atoms with Gasteiger partial charge in [-0.15, -0.1) is 0 Å². The molecule has 3 aliphatic rings. The van der Waals surface area contributed by atoms with Gasteiger partial charge in [0.15, 0.2) is 0 Å². The van der Waals surface area contributed by atoms with Crippen molar-refractivity contribution >= 4 is 5.78 Å². The lowest BCUT2D eigenvalue weighted by Crippen LogP contribution is -2.43. The monoisotopic (exact) mass is 220 g/mol. The molecule has 1 spiro atoms. The molecule has 0 heterocycles. The van der Waals surface area contributed by atoms with E-state index in [1.54, 1.807) is 0 Å². The van der Waals surface area contributed by atoms with Crippen LogP contribution in [0.1, 0.15) is 59.8 Å². The molecular formula is C15H24O. The van der Waals surface area contributed by atoms with Crippen molar-refractivity contribution < 1.29 is 4.79 Å². The average Bonchev–Trinajstić information content (AvgIpc) is 2.77. The topological polar surface area (TPSA) is 17.1 Å². The number of carbonyl (C=O) groups is 1. The molecule has 5 atom stereocenters. The Hall–Kier alpha value is -0.330. The highest BCUT2D eigenvalue weighted by atomic mass is 16.1. The normalized spacial score (nSPS) is 60.1. The van der Waals surface area contributed by atoms with Gasteiger partial charge in [-0.05, 0) is 42.4 Å². The molecule has 0 saturated heterocycles. The van der Waals surface area contributed by atoms with Crippen LogP contribution >= 0.6 is 0 Å². The third-order valence-electron chi connectivity index (χ3n) is 7.08. The van der Waals surface area contributed by atoms with Crippen LogP contribution in [0.15, 0.2) is 0 Å². The standard InChI is InChI=1S/C15H24O/c1-10-6-9-13(3)11(2)12(16)14(4)7-5-8-15(10,13)14/h10-11H,5-9H2,1-4H3/t10-,11-,13+,14+,15+/m1/s1. The summed E-state index contributed by atoms with van der Waals surface area (Å²) in [7, 11) is 0. The Morgan fingerprint density at radius 2 is 1.81 bits per heavy atom. The van der Waals surface area contributed by atoms with E-state index in [-0.39, 0.29) is 5.41 Å². The summed E-state index contributed by atoms with van der Waals surface area (Å²) in [6.45, 7) is 9.30. The van der Waals surface area contributed by atoms with E-state index in [2.05, 4.69) is 27.7 Å². The lowest BCUT2D eigenvalue weighted by atomic mass is 9.56. The van der Waals surface area contributed by atoms with Gasteiger partial charge in [0.25, 0.3) is 0 Å². The van der Waals surface area contributed by atoms with Crippen LogP contribution in [0, 0.1) is 28.1 Å². The molecule has 16 heavy (non-hydrogen) atoms. The number of ketones is 1. The van der Waals surface area contributed by atoms with Gasteiger partial charge in [-0.2, -0.15) is 0 Å². The van der Waals surface area contributed by atoms with E-state index in [4.69, 9.17) is 0 Å². The zero-order valence-corrected chi connectivity index (χ0v) is 11.1. The molecule has 3 rings (SSSR count). The van der Waals surface area contributed by atoms with E-state index in [1.807, 2.05) is 0 Å². The number of hydrogen-bond donors (Lipinski definition) is 0. The van der Waals surface area contributed by atoms with E-state index >= 15 is 0 Å². The Morgan fingerprint density at radius 1 is 1.12 bits per heavy atom. The van der Waals surface area contributed by atoms with E-state index < -0.39 is 0 Å². The van der Waals surface area contributed by atoms with Crippen LogP contribution < -0.4 is 0 Å². The molecule has 1 nitrogen and oxygen atoms in total. The molecule has 0 amide bonds. The van der Waals surface area contributed by atoms with Crippen molar-refractivity contribution in [2.45, 2.75) is 59.8 Å². The van der Waals surface area contributed by atoms with Crippen LogP contribution in [0.25, 0.3) is 0 Å². The Morgan fingerprint density at radius 3 is 2.50 bits per heavy atom. The fourth-order valence-corrected chi connectivity index (χ4v) is 6.19. The SMILES string of the molecule is C[C@@H]1CC[C@@]2(C)[C@H](C)C(=O)[C@]3(C)CCC[C@@]132. The highest BCUT2D eigenvalue weighted by Crippen LogP contribution is 2.78. The summed E-state index contributed by atoms with van der Waals surface area (Å²) >= 11 is 0. The van der Waals surface area contributed by atoms with Gasteiger partial charge in [0.05, 0.1) is 0 Å². The number of rotatable bonds is 0. The smallest absolute Gasteiger partial charge is 0.142 e. The molecule has 3 fully saturated rings. The van der Waals surface area contributed by atoms with Crippen molar-refractivity contribution in [3.63, 3.8) is 0 Å². The molecule has 0 N–H and O–H groups in total. The van der Waals surface area contributed by atoms with E-state index in [1.165, 1.54) is 25.7 Å². The molecular weight excluding hydrogens is 196 g/mol. The van der Waals surface area contributed by atoms with Crippen LogP contribution in [0.3, 0.4) is 0 Å². The minimum atomic E-state index is 0.0110. The minimum absolute atomic E-state index is 0.0110. The molecule has 0 aromatic rings. The lowest BCUT2D eigenvalue weighted by Gasteiger charge is -2.46. The van der Waals surface area contributed by atoms with Gasteiger partial charge in [-0.25, -0.2) is 0 Å². The molecule has 0 unspecified atom stereocenters. The second kappa shape index (κ2) is 2.73. The van der Waals surface area contributed by atoms with E-state index in [0.29, 0.717) is 22.5 Å². The molecule has 1 heteroatoms. The summed E-state index contributed by atoms with van der Waals surface area (Å²) in [5.74, 6) is 1.63. The van der Waals surface area contributed by atoms with Gasteiger partial charge in [-0.3, -0.25) is 4.79 Å². The first kappa shape index (κ1) is 10.8. The van der Waals surface area contributed by atoms with Crippen molar-refractivity contribution in [3.05, 3.63) is 0 Å². The maximum Gasteiger partial charge on any atom is 0.142 e. The molecule has 0 bridgehead atoms. The van der Waals surface area contributed by atoms with Gasteiger partial charge < -0.3 is 0 Å². The van der Waals surface area contributed by atoms with Gasteiger partial charge in [0.2, 0.25) is 0 Å². The molecule has 3 saturated carbocycles. The highest BCUT2D eigenvalue weighted by molar-refractivity contribution is 5.92. The first-order chi connectivity index (χ1) is 7.40. The Labute approximate surface area is 99.0 Å². The van der Waals surface area contributed by atoms with Gasteiger partial charge in [-0.1, -0.05) is 34.1 Å². The van der Waals surface area contributed by atoms with Crippen LogP contribution in [0.2, 0.25) is 0 Å². The van der Waals surface area contributed by atoms with Crippen molar-refractivity contribution in [1.82, 2.24) is 0 Å². The predicted molar refractivity (Wildman–Crippen MR) is 65.1 cm³/mol. The highest BCUT2D eigenvalue weighted by Gasteiger charge is 2.75. The molecule has 0 radical (unpaired) electrons. The third-order valence-corrected chi connectivity index (χ3v) is 7.08. The van der Waals surface area contributed by atoms with E-state index in [9.17, 15) is 4.79 Å². The Balaban J connectivity index is 2.24. The Kier molecular flexibility index (Phi) is 1.85. The van der Waals surface area contributed by atoms with Gasteiger partial charge in [0.1, 0.15) is 5.78 Å². The van der Waals surface area contributed by atoms with E-state index in [0.717, 1.165) is 12.3 Å². The van der Waals surface area contributed by atoms with Crippen LogP contribution in [0.4, 0.5) is 0 Å². The molecule has 0 aliphatic heterocycles. The minimum Gasteiger partial charge on any atom is -0.299 e. The summed E-state index contributed by atoms with van der Waals surface area (Å²) in [5, 5.41) is 0. The molecule has 0 aromatic carbocycles.